The summed E-state index contributed by atoms with van der Waals surface area (Å²) in [6.45, 7) is 4.40. The van der Waals surface area contributed by atoms with E-state index >= 15 is 0 Å². The van der Waals surface area contributed by atoms with Gasteiger partial charge in [-0.1, -0.05) is 12.1 Å². The van der Waals surface area contributed by atoms with E-state index in [0.717, 1.165) is 47.9 Å². The number of aromatic nitrogens is 3. The van der Waals surface area contributed by atoms with Gasteiger partial charge in [-0.2, -0.15) is 0 Å². The lowest BCUT2D eigenvalue weighted by molar-refractivity contribution is 0.324. The summed E-state index contributed by atoms with van der Waals surface area (Å²) in [5.74, 6) is -1.77. The molecule has 0 spiro atoms. The second-order valence-electron chi connectivity index (χ2n) is 9.98. The summed E-state index contributed by atoms with van der Waals surface area (Å²) in [6.07, 6.45) is 6.19. The van der Waals surface area contributed by atoms with Crippen LogP contribution in [0.2, 0.25) is 0 Å². The number of halogens is 2. The molecule has 1 aliphatic rings. The van der Waals surface area contributed by atoms with Crippen molar-refractivity contribution in [2.24, 2.45) is 0 Å². The van der Waals surface area contributed by atoms with Gasteiger partial charge >= 0.3 is 0 Å². The first kappa shape index (κ1) is 26.9. The largest absolute Gasteiger partial charge is 0.346 e. The molecule has 1 saturated heterocycles. The summed E-state index contributed by atoms with van der Waals surface area (Å²) in [5, 5.41) is 4.33. The zero-order valence-corrected chi connectivity index (χ0v) is 22.9. The summed E-state index contributed by atoms with van der Waals surface area (Å²) < 4.78 is 57.6. The van der Waals surface area contributed by atoms with Crippen LogP contribution in [0.15, 0.2) is 90.2 Å². The Labute approximate surface area is 236 Å². The maximum Gasteiger partial charge on any atom is 0.267 e. The second-order valence-corrected chi connectivity index (χ2v) is 11.6. The lowest BCUT2D eigenvalue weighted by atomic mass is 10.1. The highest BCUT2D eigenvalue weighted by Gasteiger charge is 2.24. The van der Waals surface area contributed by atoms with Crippen LogP contribution in [-0.2, 0) is 16.6 Å². The van der Waals surface area contributed by atoms with Gasteiger partial charge in [0.2, 0.25) is 0 Å². The zero-order valence-electron chi connectivity index (χ0n) is 22.1. The molecule has 1 fully saturated rings. The molecular formula is C30H28F2N6O2S. The van der Waals surface area contributed by atoms with Crippen LogP contribution in [0, 0.1) is 11.6 Å². The fraction of sp³-hybridized carbons (Fsp3) is 0.200. The first-order valence-electron chi connectivity index (χ1n) is 13.3. The molecule has 0 radical (unpaired) electrons. The van der Waals surface area contributed by atoms with Gasteiger partial charge in [0.1, 0.15) is 23.8 Å². The molecule has 0 atom stereocenters. The third-order valence-electron chi connectivity index (χ3n) is 7.19. The highest BCUT2D eigenvalue weighted by atomic mass is 32.2. The van der Waals surface area contributed by atoms with Gasteiger partial charge in [0.25, 0.3) is 10.0 Å². The Morgan fingerprint density at radius 3 is 2.32 bits per heavy atom. The van der Waals surface area contributed by atoms with Crippen molar-refractivity contribution in [2.75, 3.05) is 29.7 Å². The van der Waals surface area contributed by atoms with E-state index in [0.29, 0.717) is 11.5 Å². The van der Waals surface area contributed by atoms with Gasteiger partial charge in [-0.25, -0.2) is 27.2 Å². The molecule has 2 N–H and O–H groups in total. The summed E-state index contributed by atoms with van der Waals surface area (Å²) in [6, 6.07) is 19.4. The van der Waals surface area contributed by atoms with Crippen molar-refractivity contribution in [2.45, 2.75) is 24.3 Å². The number of nitrogens with one attached hydrogen (secondary N) is 2. The minimum absolute atomic E-state index is 0.155. The van der Waals surface area contributed by atoms with E-state index in [1.807, 2.05) is 6.07 Å². The summed E-state index contributed by atoms with van der Waals surface area (Å²) >= 11 is 0. The van der Waals surface area contributed by atoms with E-state index < -0.39 is 26.6 Å². The van der Waals surface area contributed by atoms with E-state index in [2.05, 4.69) is 59.9 Å². The number of benzene rings is 3. The Balaban J connectivity index is 1.14. The van der Waals surface area contributed by atoms with Gasteiger partial charge < -0.3 is 14.8 Å². The molecule has 41 heavy (non-hydrogen) atoms. The number of fused-ring (bicyclic) bond motifs is 1. The predicted octanol–water partition coefficient (Wildman–Crippen LogP) is 6.02. The van der Waals surface area contributed by atoms with Gasteiger partial charge in [-0.3, -0.25) is 4.72 Å². The summed E-state index contributed by atoms with van der Waals surface area (Å²) in [7, 11) is -4.45. The molecule has 0 aliphatic carbocycles. The second kappa shape index (κ2) is 11.3. The molecule has 0 amide bonds. The van der Waals surface area contributed by atoms with E-state index in [4.69, 9.17) is 0 Å². The molecule has 3 aromatic carbocycles. The van der Waals surface area contributed by atoms with Crippen LogP contribution in [0.3, 0.4) is 0 Å². The number of sulfonamides is 1. The zero-order chi connectivity index (χ0) is 28.4. The Bertz CT molecular complexity index is 1780. The van der Waals surface area contributed by atoms with Gasteiger partial charge in [0.15, 0.2) is 4.90 Å². The Hall–Kier alpha value is -4.35. The molecule has 5 aromatic rings. The highest BCUT2D eigenvalue weighted by molar-refractivity contribution is 7.92. The Kier molecular flexibility index (Phi) is 7.38. The maximum atomic E-state index is 14.0. The number of hydrogen-bond donors (Lipinski definition) is 2. The maximum absolute atomic E-state index is 14.0. The highest BCUT2D eigenvalue weighted by Crippen LogP contribution is 2.27. The molecular weight excluding hydrogens is 546 g/mol. The lowest BCUT2D eigenvalue weighted by Crippen LogP contribution is -2.23. The minimum Gasteiger partial charge on any atom is -0.346 e. The third kappa shape index (κ3) is 5.91. The van der Waals surface area contributed by atoms with E-state index in [1.54, 1.807) is 12.1 Å². The molecule has 6 rings (SSSR count). The van der Waals surface area contributed by atoms with Crippen molar-refractivity contribution in [1.29, 1.82) is 0 Å². The third-order valence-corrected chi connectivity index (χ3v) is 8.62. The van der Waals surface area contributed by atoms with Crippen molar-refractivity contribution < 1.29 is 17.2 Å². The van der Waals surface area contributed by atoms with Gasteiger partial charge in [0.05, 0.1) is 5.69 Å². The van der Waals surface area contributed by atoms with Crippen LogP contribution in [0.25, 0.3) is 22.2 Å². The van der Waals surface area contributed by atoms with E-state index in [1.165, 1.54) is 49.9 Å². The Morgan fingerprint density at radius 2 is 1.56 bits per heavy atom. The number of hydrogen-bond acceptors (Lipinski definition) is 6. The quantitative estimate of drug-likeness (QED) is 0.224. The van der Waals surface area contributed by atoms with Crippen LogP contribution >= 0.6 is 0 Å². The smallest absolute Gasteiger partial charge is 0.267 e. The number of rotatable bonds is 9. The lowest BCUT2D eigenvalue weighted by Gasteiger charge is -2.15. The summed E-state index contributed by atoms with van der Waals surface area (Å²) in [4.78, 5) is 10.2. The first-order chi connectivity index (χ1) is 19.9. The normalized spacial score (nSPS) is 14.0. The Morgan fingerprint density at radius 1 is 0.829 bits per heavy atom. The molecule has 2 aromatic heterocycles. The van der Waals surface area contributed by atoms with Crippen LogP contribution in [-0.4, -0.2) is 47.5 Å². The van der Waals surface area contributed by atoms with Gasteiger partial charge in [-0.15, -0.1) is 0 Å². The van der Waals surface area contributed by atoms with Crippen LogP contribution in [0.4, 0.5) is 26.0 Å². The number of anilines is 3. The SMILES string of the molecule is O=S(=O)(Nc1ccc(Nc2cc(-c3ccc4c(ccn4CCN4CCCC4)c3)ncn2)cc1)c1c(F)cccc1F. The molecule has 3 heterocycles. The van der Waals surface area contributed by atoms with Gasteiger partial charge in [-0.05, 0) is 80.5 Å². The van der Waals surface area contributed by atoms with Crippen molar-refractivity contribution in [3.63, 3.8) is 0 Å². The monoisotopic (exact) mass is 574 g/mol. The molecule has 210 valence electrons. The topological polar surface area (TPSA) is 92.2 Å². The standard InChI is InChI=1S/C30H28F2N6O2S/c31-25-4-3-5-26(32)30(25)41(39,40)36-24-9-7-23(8-10-24)35-29-19-27(33-20-34-29)21-6-11-28-22(18-21)12-15-38(28)17-16-37-13-1-2-14-37/h3-12,15,18-20,36H,1-2,13-14,16-17H2,(H,33,34,35). The van der Waals surface area contributed by atoms with Gasteiger partial charge in [0, 0.05) is 53.2 Å². The number of nitrogens with zero attached hydrogens (tertiary/aromatic N) is 4. The van der Waals surface area contributed by atoms with Crippen molar-refractivity contribution in [1.82, 2.24) is 19.4 Å². The van der Waals surface area contributed by atoms with Crippen molar-refractivity contribution >= 4 is 38.1 Å². The predicted molar refractivity (Wildman–Crippen MR) is 156 cm³/mol. The van der Waals surface area contributed by atoms with Crippen LogP contribution in [0.5, 0.6) is 0 Å². The molecule has 0 saturated carbocycles. The first-order valence-corrected chi connectivity index (χ1v) is 14.8. The molecule has 0 unspecified atom stereocenters. The van der Waals surface area contributed by atoms with Crippen molar-refractivity contribution in [3.05, 3.63) is 97.0 Å². The minimum atomic E-state index is -4.45. The fourth-order valence-electron chi connectivity index (χ4n) is 5.11. The molecule has 0 bridgehead atoms. The molecule has 1 aliphatic heterocycles. The van der Waals surface area contributed by atoms with Crippen LogP contribution in [0.1, 0.15) is 12.8 Å². The average Bonchev–Trinajstić information content (AvgIpc) is 3.62. The summed E-state index contributed by atoms with van der Waals surface area (Å²) in [5.41, 5.74) is 3.70. The fourth-order valence-corrected chi connectivity index (χ4v) is 6.31. The number of likely N-dealkylation sites (tertiary alicyclic amines) is 1. The van der Waals surface area contributed by atoms with E-state index in [9.17, 15) is 17.2 Å². The average molecular weight is 575 g/mol. The molecule has 8 nitrogen and oxygen atoms in total. The van der Waals surface area contributed by atoms with E-state index in [-0.39, 0.29) is 5.69 Å². The molecule has 11 heteroatoms. The van der Waals surface area contributed by atoms with Crippen molar-refractivity contribution in [3.8, 4) is 11.3 Å². The van der Waals surface area contributed by atoms with Crippen LogP contribution < -0.4 is 10.0 Å².